The lowest BCUT2D eigenvalue weighted by Crippen LogP contribution is -2.27. The van der Waals surface area contributed by atoms with Crippen molar-refractivity contribution >= 4 is 0 Å². The normalized spacial score (nSPS) is 13.8. The van der Waals surface area contributed by atoms with Crippen LogP contribution in [0.25, 0.3) is 0 Å². The third kappa shape index (κ3) is 3.79. The Hall–Kier alpha value is -1.91. The van der Waals surface area contributed by atoms with Crippen LogP contribution >= 0.6 is 0 Å². The van der Waals surface area contributed by atoms with Crippen molar-refractivity contribution in [2.45, 2.75) is 25.7 Å². The highest BCUT2D eigenvalue weighted by atomic mass is 16.5. The van der Waals surface area contributed by atoms with E-state index in [1.807, 2.05) is 43.3 Å². The average molecular weight is 272 g/mol. The second kappa shape index (κ2) is 7.03. The number of nitrogens with zero attached hydrogens (tertiary/aromatic N) is 1. The fourth-order valence-corrected chi connectivity index (χ4v) is 2.00. The van der Waals surface area contributed by atoms with Gasteiger partial charge in [-0.1, -0.05) is 18.2 Å². The SMILES string of the molecule is COc1ccc(COC(c2cccnc2)C(C)N)cc1. The minimum Gasteiger partial charge on any atom is -0.497 e. The first-order valence-corrected chi connectivity index (χ1v) is 6.60. The van der Waals surface area contributed by atoms with Gasteiger partial charge in [-0.05, 0) is 30.7 Å². The monoisotopic (exact) mass is 272 g/mol. The van der Waals surface area contributed by atoms with Gasteiger partial charge in [0.05, 0.1) is 19.8 Å². The Morgan fingerprint density at radius 3 is 2.50 bits per heavy atom. The average Bonchev–Trinajstić information content (AvgIpc) is 2.49. The van der Waals surface area contributed by atoms with Crippen molar-refractivity contribution in [2.24, 2.45) is 5.73 Å². The van der Waals surface area contributed by atoms with Crippen LogP contribution in [0.3, 0.4) is 0 Å². The highest BCUT2D eigenvalue weighted by Crippen LogP contribution is 2.21. The summed E-state index contributed by atoms with van der Waals surface area (Å²) >= 11 is 0. The Morgan fingerprint density at radius 2 is 1.95 bits per heavy atom. The van der Waals surface area contributed by atoms with Crippen LogP contribution in [0.2, 0.25) is 0 Å². The Labute approximate surface area is 119 Å². The quantitative estimate of drug-likeness (QED) is 0.878. The number of nitrogens with two attached hydrogens (primary N) is 1. The van der Waals surface area contributed by atoms with Crippen molar-refractivity contribution in [2.75, 3.05) is 7.11 Å². The highest BCUT2D eigenvalue weighted by molar-refractivity contribution is 5.26. The van der Waals surface area contributed by atoms with Crippen molar-refractivity contribution in [3.05, 3.63) is 59.9 Å². The molecule has 0 spiro atoms. The van der Waals surface area contributed by atoms with Crippen LogP contribution < -0.4 is 10.5 Å². The zero-order valence-electron chi connectivity index (χ0n) is 11.8. The van der Waals surface area contributed by atoms with Crippen LogP contribution in [-0.2, 0) is 11.3 Å². The lowest BCUT2D eigenvalue weighted by Gasteiger charge is -2.21. The Balaban J connectivity index is 2.02. The van der Waals surface area contributed by atoms with E-state index in [0.29, 0.717) is 6.61 Å². The first-order valence-electron chi connectivity index (χ1n) is 6.60. The van der Waals surface area contributed by atoms with Crippen LogP contribution in [0.5, 0.6) is 5.75 Å². The van der Waals surface area contributed by atoms with Crippen LogP contribution in [0.4, 0.5) is 0 Å². The van der Waals surface area contributed by atoms with Crippen LogP contribution in [0.1, 0.15) is 24.2 Å². The first kappa shape index (κ1) is 14.5. The summed E-state index contributed by atoms with van der Waals surface area (Å²) in [5, 5.41) is 0. The molecule has 4 nitrogen and oxygen atoms in total. The number of pyridine rings is 1. The van der Waals surface area contributed by atoms with Gasteiger partial charge in [-0.2, -0.15) is 0 Å². The Kier molecular flexibility index (Phi) is 5.09. The lowest BCUT2D eigenvalue weighted by atomic mass is 10.1. The largest absolute Gasteiger partial charge is 0.497 e. The fourth-order valence-electron chi connectivity index (χ4n) is 2.00. The molecule has 2 atom stereocenters. The molecule has 106 valence electrons. The highest BCUT2D eigenvalue weighted by Gasteiger charge is 2.17. The van der Waals surface area contributed by atoms with Crippen LogP contribution in [0.15, 0.2) is 48.8 Å². The molecule has 0 aliphatic heterocycles. The van der Waals surface area contributed by atoms with E-state index in [1.165, 1.54) is 0 Å². The zero-order chi connectivity index (χ0) is 14.4. The number of hydrogen-bond donors (Lipinski definition) is 1. The number of ether oxygens (including phenoxy) is 2. The van der Waals surface area contributed by atoms with Gasteiger partial charge >= 0.3 is 0 Å². The maximum Gasteiger partial charge on any atom is 0.118 e. The fraction of sp³-hybridized carbons (Fsp3) is 0.312. The molecule has 2 N–H and O–H groups in total. The van der Waals surface area contributed by atoms with Crippen LogP contribution in [0, 0.1) is 0 Å². The Bertz CT molecular complexity index is 512. The summed E-state index contributed by atoms with van der Waals surface area (Å²) in [5.41, 5.74) is 8.09. The van der Waals surface area contributed by atoms with Gasteiger partial charge in [0, 0.05) is 24.0 Å². The molecule has 0 saturated heterocycles. The molecule has 0 aliphatic carbocycles. The molecule has 0 radical (unpaired) electrons. The second-order valence-corrected chi connectivity index (χ2v) is 4.73. The molecule has 0 amide bonds. The standard InChI is InChI=1S/C16H20N2O2/c1-12(17)16(14-4-3-9-18-10-14)20-11-13-5-7-15(19-2)8-6-13/h3-10,12,16H,11,17H2,1-2H3. The van der Waals surface area contributed by atoms with E-state index in [2.05, 4.69) is 4.98 Å². The third-order valence-corrected chi connectivity index (χ3v) is 3.08. The predicted octanol–water partition coefficient (Wildman–Crippen LogP) is 2.70. The number of methoxy groups -OCH3 is 1. The molecule has 2 unspecified atom stereocenters. The van der Waals surface area contributed by atoms with Gasteiger partial charge in [0.1, 0.15) is 5.75 Å². The van der Waals surface area contributed by atoms with Gasteiger partial charge < -0.3 is 15.2 Å². The van der Waals surface area contributed by atoms with E-state index >= 15 is 0 Å². The topological polar surface area (TPSA) is 57.4 Å². The van der Waals surface area contributed by atoms with E-state index in [9.17, 15) is 0 Å². The third-order valence-electron chi connectivity index (χ3n) is 3.08. The maximum atomic E-state index is 6.01. The van der Waals surface area contributed by atoms with Crippen LogP contribution in [-0.4, -0.2) is 18.1 Å². The summed E-state index contributed by atoms with van der Waals surface area (Å²) in [5.74, 6) is 0.838. The molecule has 0 aliphatic rings. The molecule has 0 saturated carbocycles. The molecule has 1 aromatic carbocycles. The maximum absolute atomic E-state index is 6.01. The van der Waals surface area contributed by atoms with Gasteiger partial charge in [-0.15, -0.1) is 0 Å². The van der Waals surface area contributed by atoms with Gasteiger partial charge in [0.25, 0.3) is 0 Å². The number of rotatable bonds is 6. The van der Waals surface area contributed by atoms with Crippen molar-refractivity contribution in [3.63, 3.8) is 0 Å². The number of hydrogen-bond acceptors (Lipinski definition) is 4. The zero-order valence-corrected chi connectivity index (χ0v) is 11.8. The van der Waals surface area contributed by atoms with Crippen molar-refractivity contribution < 1.29 is 9.47 Å². The van der Waals surface area contributed by atoms with Crippen molar-refractivity contribution in [1.29, 1.82) is 0 Å². The van der Waals surface area contributed by atoms with E-state index in [4.69, 9.17) is 15.2 Å². The summed E-state index contributed by atoms with van der Waals surface area (Å²) in [6.45, 7) is 2.44. The summed E-state index contributed by atoms with van der Waals surface area (Å²) in [6.07, 6.45) is 3.37. The molecule has 0 fully saturated rings. The minimum absolute atomic E-state index is 0.0996. The first-order chi connectivity index (χ1) is 9.70. The second-order valence-electron chi connectivity index (χ2n) is 4.73. The molecule has 1 heterocycles. The van der Waals surface area contributed by atoms with Crippen molar-refractivity contribution in [3.8, 4) is 5.75 Å². The molecule has 4 heteroatoms. The molecular weight excluding hydrogens is 252 g/mol. The van der Waals surface area contributed by atoms with E-state index in [-0.39, 0.29) is 12.1 Å². The molecule has 0 bridgehead atoms. The lowest BCUT2D eigenvalue weighted by molar-refractivity contribution is 0.0257. The molecule has 2 aromatic rings. The molecule has 2 rings (SSSR count). The van der Waals surface area contributed by atoms with E-state index < -0.39 is 0 Å². The molecule has 20 heavy (non-hydrogen) atoms. The Morgan fingerprint density at radius 1 is 1.20 bits per heavy atom. The van der Waals surface area contributed by atoms with Gasteiger partial charge in [0.2, 0.25) is 0 Å². The van der Waals surface area contributed by atoms with Crippen molar-refractivity contribution in [1.82, 2.24) is 4.98 Å². The summed E-state index contributed by atoms with van der Waals surface area (Å²) in [6, 6.07) is 11.6. The minimum atomic E-state index is -0.161. The summed E-state index contributed by atoms with van der Waals surface area (Å²) < 4.78 is 11.1. The number of aromatic nitrogens is 1. The van der Waals surface area contributed by atoms with Gasteiger partial charge in [-0.25, -0.2) is 0 Å². The van der Waals surface area contributed by atoms with Gasteiger partial charge in [-0.3, -0.25) is 4.98 Å². The van der Waals surface area contributed by atoms with E-state index in [1.54, 1.807) is 19.5 Å². The van der Waals surface area contributed by atoms with E-state index in [0.717, 1.165) is 16.9 Å². The molecule has 1 aromatic heterocycles. The smallest absolute Gasteiger partial charge is 0.118 e. The number of benzene rings is 1. The summed E-state index contributed by atoms with van der Waals surface area (Å²) in [4.78, 5) is 4.11. The predicted molar refractivity (Wildman–Crippen MR) is 78.4 cm³/mol. The summed E-state index contributed by atoms with van der Waals surface area (Å²) in [7, 11) is 1.65. The van der Waals surface area contributed by atoms with Gasteiger partial charge in [0.15, 0.2) is 0 Å². The molecular formula is C16H20N2O2.